The van der Waals surface area contributed by atoms with Gasteiger partial charge in [0.1, 0.15) is 11.5 Å². The van der Waals surface area contributed by atoms with Gasteiger partial charge in [-0.25, -0.2) is 10.2 Å². The average Bonchev–Trinajstić information content (AvgIpc) is 3.22. The minimum atomic E-state index is -4.82. The zero-order valence-electron chi connectivity index (χ0n) is 18.8. The van der Waals surface area contributed by atoms with E-state index in [1.807, 2.05) is 6.92 Å². The van der Waals surface area contributed by atoms with Gasteiger partial charge in [-0.1, -0.05) is 16.8 Å². The summed E-state index contributed by atoms with van der Waals surface area (Å²) >= 11 is 8.97. The van der Waals surface area contributed by atoms with Crippen LogP contribution < -0.4 is 15.5 Å². The number of ether oxygens (including phenoxy) is 2. The van der Waals surface area contributed by atoms with Crippen molar-refractivity contribution in [1.82, 2.24) is 15.9 Å². The van der Waals surface area contributed by atoms with E-state index in [0.29, 0.717) is 47.9 Å². The maximum absolute atomic E-state index is 12.6. The first-order valence-corrected chi connectivity index (χ1v) is 12.2. The summed E-state index contributed by atoms with van der Waals surface area (Å²) in [5.41, 5.74) is 2.15. The zero-order chi connectivity index (χ0) is 26.1. The summed E-state index contributed by atoms with van der Waals surface area (Å²) in [4.78, 5) is 24.3. The third-order valence-electron chi connectivity index (χ3n) is 6.09. The molecule has 14 heteroatoms. The van der Waals surface area contributed by atoms with E-state index in [1.54, 1.807) is 0 Å². The molecule has 1 aromatic carbocycles. The number of hydrogen-bond donors (Lipinski definition) is 2. The molecule has 1 saturated carbocycles. The lowest BCUT2D eigenvalue weighted by Crippen LogP contribution is -2.52. The predicted octanol–water partition coefficient (Wildman–Crippen LogP) is 5.57. The van der Waals surface area contributed by atoms with Crippen molar-refractivity contribution in [3.63, 3.8) is 0 Å². The number of carbonyl (C=O) groups excluding carboxylic acids is 2. The first kappa shape index (κ1) is 26.3. The van der Waals surface area contributed by atoms with Gasteiger partial charge in [0, 0.05) is 22.1 Å². The van der Waals surface area contributed by atoms with E-state index in [0.717, 1.165) is 0 Å². The van der Waals surface area contributed by atoms with Gasteiger partial charge in [-0.3, -0.25) is 4.79 Å². The third-order valence-corrected chi connectivity index (χ3v) is 6.92. The molecule has 9 nitrogen and oxygen atoms in total. The molecule has 1 aliphatic carbocycles. The van der Waals surface area contributed by atoms with Crippen molar-refractivity contribution in [2.24, 2.45) is 11.0 Å². The molecular formula is C22H21BrClF3N4O5. The van der Waals surface area contributed by atoms with Crippen molar-refractivity contribution in [1.29, 1.82) is 0 Å². The van der Waals surface area contributed by atoms with Crippen molar-refractivity contribution >= 4 is 45.2 Å². The largest absolute Gasteiger partial charge is 0.573 e. The van der Waals surface area contributed by atoms with Crippen LogP contribution in [0, 0.1) is 5.92 Å². The van der Waals surface area contributed by atoms with E-state index < -0.39 is 24.0 Å². The maximum atomic E-state index is 12.6. The molecule has 2 N–H and O–H groups in total. The molecule has 1 atom stereocenters. The Bertz CT molecular complexity index is 1180. The summed E-state index contributed by atoms with van der Waals surface area (Å²) in [7, 11) is 0. The highest BCUT2D eigenvalue weighted by Crippen LogP contribution is 2.42. The highest BCUT2D eigenvalue weighted by Gasteiger charge is 2.47. The normalized spacial score (nSPS) is 22.9. The fraction of sp³-hybridized carbons (Fsp3) is 0.455. The van der Waals surface area contributed by atoms with Crippen LogP contribution in [0.15, 0.2) is 38.4 Å². The van der Waals surface area contributed by atoms with Gasteiger partial charge < -0.3 is 19.3 Å². The molecule has 2 heterocycles. The minimum absolute atomic E-state index is 0.0224. The lowest BCUT2D eigenvalue weighted by Gasteiger charge is -2.42. The van der Waals surface area contributed by atoms with Crippen LogP contribution in [0.2, 0.25) is 5.15 Å². The van der Waals surface area contributed by atoms with Crippen LogP contribution in [-0.2, 0) is 4.74 Å². The molecule has 0 unspecified atom stereocenters. The van der Waals surface area contributed by atoms with Gasteiger partial charge in [0.15, 0.2) is 10.8 Å². The first-order chi connectivity index (χ1) is 16.9. The predicted molar refractivity (Wildman–Crippen MR) is 125 cm³/mol. The minimum Gasteiger partial charge on any atom is -0.435 e. The number of rotatable bonds is 6. The van der Waals surface area contributed by atoms with Crippen molar-refractivity contribution < 1.29 is 36.8 Å². The highest BCUT2D eigenvalue weighted by molar-refractivity contribution is 9.10. The number of hydrogen-bond acceptors (Lipinski definition) is 7. The van der Waals surface area contributed by atoms with Crippen molar-refractivity contribution in [2.45, 2.75) is 57.0 Å². The zero-order valence-corrected chi connectivity index (χ0v) is 21.2. The monoisotopic (exact) mass is 592 g/mol. The number of aromatic nitrogens is 1. The second kappa shape index (κ2) is 10.3. The number of amides is 2. The lowest BCUT2D eigenvalue weighted by molar-refractivity contribution is -0.274. The van der Waals surface area contributed by atoms with Crippen molar-refractivity contribution in [3.05, 3.63) is 45.2 Å². The molecule has 2 aliphatic rings. The van der Waals surface area contributed by atoms with Crippen LogP contribution in [0.3, 0.4) is 0 Å². The molecule has 0 radical (unpaired) electrons. The molecule has 0 saturated heterocycles. The molecule has 1 fully saturated rings. The number of halogens is 5. The molecular weight excluding hydrogens is 573 g/mol. The molecule has 0 bridgehead atoms. The van der Waals surface area contributed by atoms with Crippen LogP contribution in [-0.4, -0.2) is 40.9 Å². The Kier molecular flexibility index (Phi) is 7.51. The smallest absolute Gasteiger partial charge is 0.435 e. The Morgan fingerprint density at radius 1 is 1.36 bits per heavy atom. The molecule has 2 aromatic rings. The second-order valence-corrected chi connectivity index (χ2v) is 9.95. The summed E-state index contributed by atoms with van der Waals surface area (Å²) < 4.78 is 52.6. The van der Waals surface area contributed by atoms with Gasteiger partial charge in [0.2, 0.25) is 5.76 Å². The number of alkyl halides is 3. The first-order valence-electron chi connectivity index (χ1n) is 11.0. The van der Waals surface area contributed by atoms with E-state index in [4.69, 9.17) is 20.9 Å². The fourth-order valence-corrected chi connectivity index (χ4v) is 5.25. The van der Waals surface area contributed by atoms with Gasteiger partial charge in [-0.2, -0.15) is 5.10 Å². The number of benzene rings is 1. The van der Waals surface area contributed by atoms with Gasteiger partial charge >= 0.3 is 12.5 Å². The molecule has 2 amide bonds. The summed E-state index contributed by atoms with van der Waals surface area (Å²) in [6.07, 6.45) is -2.59. The molecule has 1 aromatic heterocycles. The molecule has 1 spiro atoms. The van der Waals surface area contributed by atoms with Crippen molar-refractivity contribution in [3.8, 4) is 5.75 Å². The number of nitrogens with zero attached hydrogens (tertiary/aromatic N) is 2. The Hall–Kier alpha value is -2.80. The van der Waals surface area contributed by atoms with E-state index in [9.17, 15) is 22.8 Å². The van der Waals surface area contributed by atoms with Gasteiger partial charge in [-0.15, -0.1) is 13.2 Å². The van der Waals surface area contributed by atoms with Crippen LogP contribution in [0.1, 0.15) is 55.1 Å². The average molecular weight is 594 g/mol. The third kappa shape index (κ3) is 6.12. The summed E-state index contributed by atoms with van der Waals surface area (Å²) in [6, 6.07) is 4.97. The van der Waals surface area contributed by atoms with Crippen LogP contribution in [0.4, 0.5) is 18.0 Å². The maximum Gasteiger partial charge on any atom is 0.573 e. The van der Waals surface area contributed by atoms with E-state index >= 15 is 0 Å². The topological polar surface area (TPSA) is 115 Å². The van der Waals surface area contributed by atoms with Crippen molar-refractivity contribution in [2.75, 3.05) is 0 Å². The van der Waals surface area contributed by atoms with Crippen LogP contribution >= 0.6 is 27.5 Å². The SMILES string of the molecule is C[C@@H](CC1CCC2(CC1)OC(=O)NN=C2c1ccc(OC(F)(F)F)cc1Br)NC(=O)c1cc(Cl)no1. The number of carbonyl (C=O) groups is 2. The van der Waals surface area contributed by atoms with E-state index in [1.165, 1.54) is 24.3 Å². The molecule has 1 aliphatic heterocycles. The van der Waals surface area contributed by atoms with Gasteiger partial charge in [0.05, 0.1) is 0 Å². The summed E-state index contributed by atoms with van der Waals surface area (Å²) in [5.74, 6) is -0.557. The van der Waals surface area contributed by atoms with Gasteiger partial charge in [-0.05, 0) is 79.1 Å². The molecule has 194 valence electrons. The van der Waals surface area contributed by atoms with Gasteiger partial charge in [0.25, 0.3) is 5.91 Å². The van der Waals surface area contributed by atoms with E-state index in [2.05, 4.69) is 41.7 Å². The fourth-order valence-electron chi connectivity index (χ4n) is 4.58. The Morgan fingerprint density at radius 2 is 2.08 bits per heavy atom. The molecule has 36 heavy (non-hydrogen) atoms. The summed E-state index contributed by atoms with van der Waals surface area (Å²) in [5, 5.41) is 10.6. The standard InChI is InChI=1S/C22H21BrClF3N4O5/c1-11(28-19(32)16-10-17(24)31-36-16)8-12-4-6-21(7-5-12)18(29-30-20(33)35-21)14-3-2-13(9-15(14)23)34-22(25,26)27/h2-3,9-12H,4-8H2,1H3,(H,28,32)(H,30,33)/t11-,12?,21?/m0/s1. The van der Waals surface area contributed by atoms with Crippen LogP contribution in [0.25, 0.3) is 0 Å². The number of hydrazone groups is 1. The lowest BCUT2D eigenvalue weighted by atomic mass is 9.73. The quantitative estimate of drug-likeness (QED) is 0.453. The highest BCUT2D eigenvalue weighted by atomic mass is 79.9. The van der Waals surface area contributed by atoms with E-state index in [-0.39, 0.29) is 28.6 Å². The Balaban J connectivity index is 1.43. The number of nitrogens with one attached hydrogen (secondary N) is 2. The molecule has 4 rings (SSSR count). The van der Waals surface area contributed by atoms with Crippen LogP contribution in [0.5, 0.6) is 5.75 Å². The Morgan fingerprint density at radius 3 is 2.69 bits per heavy atom. The second-order valence-electron chi connectivity index (χ2n) is 8.71. The Labute approximate surface area is 216 Å². The summed E-state index contributed by atoms with van der Waals surface area (Å²) in [6.45, 7) is 1.87.